The van der Waals surface area contributed by atoms with E-state index < -0.39 is 23.4 Å². The third-order valence-corrected chi connectivity index (χ3v) is 2.17. The number of rotatable bonds is 3. The summed E-state index contributed by atoms with van der Waals surface area (Å²) in [6.45, 7) is 1.57. The second kappa shape index (κ2) is 3.65. The number of urea groups is 1. The van der Waals surface area contributed by atoms with Crippen LogP contribution in [0.5, 0.6) is 0 Å². The Bertz CT molecular complexity index is 289. The van der Waals surface area contributed by atoms with Crippen molar-refractivity contribution in [2.45, 2.75) is 25.3 Å². The molecule has 0 aliphatic carbocycles. The molecule has 1 rings (SSSR count). The fraction of sp³-hybridized carbons (Fsp3) is 0.625. The third kappa shape index (κ3) is 2.01. The predicted molar refractivity (Wildman–Crippen MR) is 46.3 cm³/mol. The highest BCUT2D eigenvalue weighted by Gasteiger charge is 2.41. The zero-order valence-electron chi connectivity index (χ0n) is 8.05. The molecule has 78 valence electrons. The average molecular weight is 200 g/mol. The first kappa shape index (κ1) is 10.5. The Hall–Kier alpha value is -1.59. The Morgan fingerprint density at radius 2 is 2.14 bits per heavy atom. The number of esters is 1. The number of nitrogens with one attached hydrogen (secondary N) is 2. The van der Waals surface area contributed by atoms with E-state index in [1.165, 1.54) is 7.11 Å². The van der Waals surface area contributed by atoms with E-state index >= 15 is 0 Å². The molecule has 0 bridgehead atoms. The number of ether oxygens (including phenoxy) is 1. The lowest BCUT2D eigenvalue weighted by molar-refractivity contribution is -0.141. The standard InChI is InChI=1S/C8H12N2O4/c1-8(4-3-5(11)14-2)6(12)9-7(13)10-8/h3-4H2,1-2H3,(H2,9,10,12,13)/t8-/m1/s1. The minimum atomic E-state index is -0.995. The minimum absolute atomic E-state index is 0.0979. The van der Waals surface area contributed by atoms with Gasteiger partial charge in [0.1, 0.15) is 5.54 Å². The van der Waals surface area contributed by atoms with Crippen molar-refractivity contribution >= 4 is 17.9 Å². The quantitative estimate of drug-likeness (QED) is 0.477. The molecule has 0 saturated carbocycles. The molecule has 1 aliphatic rings. The van der Waals surface area contributed by atoms with E-state index in [0.717, 1.165) is 0 Å². The maximum Gasteiger partial charge on any atom is 0.322 e. The van der Waals surface area contributed by atoms with Gasteiger partial charge in [-0.1, -0.05) is 0 Å². The number of amides is 3. The van der Waals surface area contributed by atoms with Crippen LogP contribution in [0.2, 0.25) is 0 Å². The van der Waals surface area contributed by atoms with E-state index in [0.29, 0.717) is 0 Å². The predicted octanol–water partition coefficient (Wildman–Crippen LogP) is -0.462. The summed E-state index contributed by atoms with van der Waals surface area (Å²) >= 11 is 0. The van der Waals surface area contributed by atoms with Gasteiger partial charge in [0.05, 0.1) is 7.11 Å². The normalized spacial score (nSPS) is 25.6. The monoisotopic (exact) mass is 200 g/mol. The fourth-order valence-electron chi connectivity index (χ4n) is 1.21. The summed E-state index contributed by atoms with van der Waals surface area (Å²) in [5.41, 5.74) is -0.995. The molecular weight excluding hydrogens is 188 g/mol. The van der Waals surface area contributed by atoms with Crippen LogP contribution >= 0.6 is 0 Å². The Labute approximate surface area is 81.0 Å². The molecule has 1 aliphatic heterocycles. The zero-order valence-corrected chi connectivity index (χ0v) is 8.05. The fourth-order valence-corrected chi connectivity index (χ4v) is 1.21. The van der Waals surface area contributed by atoms with Gasteiger partial charge < -0.3 is 10.1 Å². The smallest absolute Gasteiger partial charge is 0.322 e. The first-order valence-corrected chi connectivity index (χ1v) is 4.18. The molecule has 2 N–H and O–H groups in total. The van der Waals surface area contributed by atoms with Crippen molar-refractivity contribution in [1.29, 1.82) is 0 Å². The minimum Gasteiger partial charge on any atom is -0.469 e. The summed E-state index contributed by atoms with van der Waals surface area (Å²) in [4.78, 5) is 32.9. The Morgan fingerprint density at radius 3 is 2.57 bits per heavy atom. The van der Waals surface area contributed by atoms with Gasteiger partial charge >= 0.3 is 12.0 Å². The van der Waals surface area contributed by atoms with E-state index in [2.05, 4.69) is 15.4 Å². The molecule has 6 nitrogen and oxygen atoms in total. The van der Waals surface area contributed by atoms with Gasteiger partial charge in [-0.25, -0.2) is 4.79 Å². The topological polar surface area (TPSA) is 84.5 Å². The first-order chi connectivity index (χ1) is 6.48. The van der Waals surface area contributed by atoms with Crippen LogP contribution in [0, 0.1) is 0 Å². The number of methoxy groups -OCH3 is 1. The van der Waals surface area contributed by atoms with Crippen molar-refractivity contribution in [3.05, 3.63) is 0 Å². The third-order valence-electron chi connectivity index (χ3n) is 2.17. The second-order valence-electron chi connectivity index (χ2n) is 3.32. The summed E-state index contributed by atoms with van der Waals surface area (Å²) in [7, 11) is 1.28. The number of imide groups is 1. The lowest BCUT2D eigenvalue weighted by Gasteiger charge is -2.19. The molecule has 0 radical (unpaired) electrons. The summed E-state index contributed by atoms with van der Waals surface area (Å²) in [5, 5.41) is 4.56. The molecule has 3 amide bonds. The Kier molecular flexibility index (Phi) is 2.73. The van der Waals surface area contributed by atoms with E-state index in [-0.39, 0.29) is 12.8 Å². The highest BCUT2D eigenvalue weighted by Crippen LogP contribution is 2.16. The van der Waals surface area contributed by atoms with Crippen LogP contribution in [0.3, 0.4) is 0 Å². The molecule has 0 unspecified atom stereocenters. The number of hydrogen-bond acceptors (Lipinski definition) is 4. The molecule has 1 heterocycles. The molecule has 14 heavy (non-hydrogen) atoms. The van der Waals surface area contributed by atoms with Gasteiger partial charge in [-0.3, -0.25) is 14.9 Å². The molecule has 6 heteroatoms. The SMILES string of the molecule is COC(=O)CC[C@@]1(C)NC(=O)NC1=O. The van der Waals surface area contributed by atoms with Gasteiger partial charge in [0.15, 0.2) is 0 Å². The van der Waals surface area contributed by atoms with Crippen molar-refractivity contribution in [3.63, 3.8) is 0 Å². The summed E-state index contributed by atoms with van der Waals surface area (Å²) < 4.78 is 4.43. The van der Waals surface area contributed by atoms with Crippen LogP contribution in [-0.2, 0) is 14.3 Å². The van der Waals surface area contributed by atoms with Gasteiger partial charge in [0.25, 0.3) is 5.91 Å². The Morgan fingerprint density at radius 1 is 1.50 bits per heavy atom. The Balaban J connectivity index is 2.54. The van der Waals surface area contributed by atoms with Gasteiger partial charge in [0, 0.05) is 6.42 Å². The highest BCUT2D eigenvalue weighted by molar-refractivity contribution is 6.06. The van der Waals surface area contributed by atoms with Gasteiger partial charge in [0.2, 0.25) is 0 Å². The van der Waals surface area contributed by atoms with Gasteiger partial charge in [-0.15, -0.1) is 0 Å². The molecule has 0 aromatic rings. The van der Waals surface area contributed by atoms with E-state index in [9.17, 15) is 14.4 Å². The summed E-state index contributed by atoms with van der Waals surface area (Å²) in [6, 6.07) is -0.526. The number of carbonyl (C=O) groups is 3. The molecule has 0 spiro atoms. The van der Waals surface area contributed by atoms with Crippen molar-refractivity contribution in [2.75, 3.05) is 7.11 Å². The number of carbonyl (C=O) groups excluding carboxylic acids is 3. The van der Waals surface area contributed by atoms with Crippen LogP contribution in [0.1, 0.15) is 19.8 Å². The lowest BCUT2D eigenvalue weighted by Crippen LogP contribution is -2.43. The van der Waals surface area contributed by atoms with Crippen molar-refractivity contribution < 1.29 is 19.1 Å². The second-order valence-corrected chi connectivity index (χ2v) is 3.32. The average Bonchev–Trinajstić information content (AvgIpc) is 2.37. The highest BCUT2D eigenvalue weighted by atomic mass is 16.5. The largest absolute Gasteiger partial charge is 0.469 e. The zero-order chi connectivity index (χ0) is 10.8. The molecule has 1 fully saturated rings. The van der Waals surface area contributed by atoms with Crippen LogP contribution in [0.4, 0.5) is 4.79 Å². The summed E-state index contributed by atoms with van der Waals surface area (Å²) in [5.74, 6) is -0.813. The van der Waals surface area contributed by atoms with Gasteiger partial charge in [-0.05, 0) is 13.3 Å². The maximum atomic E-state index is 11.3. The van der Waals surface area contributed by atoms with Gasteiger partial charge in [-0.2, -0.15) is 0 Å². The maximum absolute atomic E-state index is 11.3. The van der Waals surface area contributed by atoms with Crippen LogP contribution in [0.15, 0.2) is 0 Å². The van der Waals surface area contributed by atoms with Crippen LogP contribution in [0.25, 0.3) is 0 Å². The van der Waals surface area contributed by atoms with E-state index in [1.54, 1.807) is 6.92 Å². The van der Waals surface area contributed by atoms with Crippen LogP contribution < -0.4 is 10.6 Å². The first-order valence-electron chi connectivity index (χ1n) is 4.18. The molecule has 1 atom stereocenters. The van der Waals surface area contributed by atoms with E-state index in [4.69, 9.17) is 0 Å². The molecule has 0 aromatic heterocycles. The van der Waals surface area contributed by atoms with Crippen molar-refractivity contribution in [1.82, 2.24) is 10.6 Å². The van der Waals surface area contributed by atoms with Crippen molar-refractivity contribution in [2.24, 2.45) is 0 Å². The lowest BCUT2D eigenvalue weighted by atomic mass is 9.96. The summed E-state index contributed by atoms with van der Waals surface area (Å²) in [6.07, 6.45) is 0.331. The van der Waals surface area contributed by atoms with E-state index in [1.807, 2.05) is 0 Å². The molecular formula is C8H12N2O4. The number of hydrogen-bond donors (Lipinski definition) is 2. The molecule has 1 saturated heterocycles. The molecule has 0 aromatic carbocycles. The van der Waals surface area contributed by atoms with Crippen LogP contribution in [-0.4, -0.2) is 30.6 Å². The van der Waals surface area contributed by atoms with Crippen molar-refractivity contribution in [3.8, 4) is 0 Å².